The van der Waals surface area contributed by atoms with Crippen molar-refractivity contribution in [3.05, 3.63) is 5.01 Å². The Kier molecular flexibility index (Phi) is 4.21. The molecule has 0 spiro atoms. The van der Waals surface area contributed by atoms with E-state index >= 15 is 0 Å². The van der Waals surface area contributed by atoms with Gasteiger partial charge in [0, 0.05) is 6.54 Å². The van der Waals surface area contributed by atoms with Crippen LogP contribution in [-0.4, -0.2) is 39.9 Å². The van der Waals surface area contributed by atoms with Crippen LogP contribution >= 0.6 is 11.3 Å². The summed E-state index contributed by atoms with van der Waals surface area (Å²) in [7, 11) is 1.92. The van der Waals surface area contributed by atoms with Gasteiger partial charge in [-0.3, -0.25) is 10.3 Å². The van der Waals surface area contributed by atoms with E-state index in [1.807, 2.05) is 11.9 Å². The van der Waals surface area contributed by atoms with E-state index < -0.39 is 0 Å². The second-order valence-corrected chi connectivity index (χ2v) is 4.25. The first-order chi connectivity index (χ1) is 6.61. The van der Waals surface area contributed by atoms with Crippen LogP contribution in [0.1, 0.15) is 11.9 Å². The average Bonchev–Trinajstić information content (AvgIpc) is 2.50. The molecular weight excluding hydrogens is 202 g/mol. The summed E-state index contributed by atoms with van der Waals surface area (Å²) in [5.41, 5.74) is 2.44. The van der Waals surface area contributed by atoms with Crippen molar-refractivity contribution in [2.75, 3.05) is 19.0 Å². The number of aromatic nitrogens is 2. The molecule has 6 nitrogen and oxygen atoms in total. The first-order valence-corrected chi connectivity index (χ1v) is 5.09. The number of nitrogens with zero attached hydrogens (tertiary/aromatic N) is 3. The number of likely N-dealkylation sites (N-methyl/N-ethyl adjacent to an activating group) is 1. The van der Waals surface area contributed by atoms with Gasteiger partial charge in [-0.05, 0) is 14.0 Å². The van der Waals surface area contributed by atoms with Crippen LogP contribution < -0.4 is 11.3 Å². The molecule has 0 amide bonds. The van der Waals surface area contributed by atoms with Crippen molar-refractivity contribution >= 4 is 16.5 Å². The maximum Gasteiger partial charge on any atom is 0.219 e. The summed E-state index contributed by atoms with van der Waals surface area (Å²) >= 11 is 1.41. The third kappa shape index (κ3) is 3.54. The number of hydrogen-bond acceptors (Lipinski definition) is 7. The van der Waals surface area contributed by atoms with Gasteiger partial charge < -0.3 is 5.11 Å². The second kappa shape index (κ2) is 5.20. The molecule has 1 rings (SSSR count). The number of nitrogen functional groups attached to an aromatic ring is 1. The Bertz CT molecular complexity index is 277. The first-order valence-electron chi connectivity index (χ1n) is 4.27. The largest absolute Gasteiger partial charge is 0.392 e. The predicted molar refractivity (Wildman–Crippen MR) is 55.7 cm³/mol. The van der Waals surface area contributed by atoms with E-state index in [1.54, 1.807) is 6.92 Å². The second-order valence-electron chi connectivity index (χ2n) is 3.19. The van der Waals surface area contributed by atoms with Gasteiger partial charge in [-0.1, -0.05) is 11.3 Å². The number of aliphatic hydroxyl groups is 1. The number of hydrazine groups is 1. The maximum absolute atomic E-state index is 9.15. The smallest absolute Gasteiger partial charge is 0.219 e. The Balaban J connectivity index is 2.43. The van der Waals surface area contributed by atoms with E-state index in [2.05, 4.69) is 15.6 Å². The van der Waals surface area contributed by atoms with Crippen molar-refractivity contribution < 1.29 is 5.11 Å². The highest BCUT2D eigenvalue weighted by Crippen LogP contribution is 2.14. The summed E-state index contributed by atoms with van der Waals surface area (Å²) in [6.07, 6.45) is -0.333. The van der Waals surface area contributed by atoms with Crippen LogP contribution in [0.4, 0.5) is 5.13 Å². The highest BCUT2D eigenvalue weighted by molar-refractivity contribution is 7.15. The minimum Gasteiger partial charge on any atom is -0.392 e. The molecule has 0 bridgehead atoms. The molecule has 0 saturated carbocycles. The van der Waals surface area contributed by atoms with Crippen molar-refractivity contribution in [2.45, 2.75) is 19.6 Å². The zero-order valence-electron chi connectivity index (χ0n) is 8.27. The van der Waals surface area contributed by atoms with Crippen LogP contribution in [0, 0.1) is 0 Å². The van der Waals surface area contributed by atoms with Crippen molar-refractivity contribution in [3.8, 4) is 0 Å². The number of nitrogens with one attached hydrogen (secondary N) is 1. The van der Waals surface area contributed by atoms with Gasteiger partial charge in [0.1, 0.15) is 5.01 Å². The normalized spacial score (nSPS) is 13.2. The van der Waals surface area contributed by atoms with Crippen LogP contribution in [0.3, 0.4) is 0 Å². The summed E-state index contributed by atoms with van der Waals surface area (Å²) in [6.45, 7) is 3.04. The number of nitrogens with two attached hydrogens (primary N) is 1. The predicted octanol–water partition coefficient (Wildman–Crippen LogP) is -0.364. The Morgan fingerprint density at radius 2 is 2.36 bits per heavy atom. The maximum atomic E-state index is 9.15. The van der Waals surface area contributed by atoms with Gasteiger partial charge >= 0.3 is 0 Å². The lowest BCUT2D eigenvalue weighted by atomic mass is 10.4. The minimum atomic E-state index is -0.333. The highest BCUT2D eigenvalue weighted by Gasteiger charge is 2.07. The molecule has 0 fully saturated rings. The SMILES string of the molecule is CC(O)CN(C)Cc1nnc(NN)s1. The fourth-order valence-electron chi connectivity index (χ4n) is 1.12. The lowest BCUT2D eigenvalue weighted by molar-refractivity contribution is 0.138. The van der Waals surface area contributed by atoms with Crippen LogP contribution in [0.25, 0.3) is 0 Å². The van der Waals surface area contributed by atoms with E-state index in [0.29, 0.717) is 18.2 Å². The van der Waals surface area contributed by atoms with E-state index in [-0.39, 0.29) is 6.10 Å². The van der Waals surface area contributed by atoms with Crippen LogP contribution in [0.15, 0.2) is 0 Å². The van der Waals surface area contributed by atoms with Crippen LogP contribution in [-0.2, 0) is 6.54 Å². The lowest BCUT2D eigenvalue weighted by Crippen LogP contribution is -2.26. The molecule has 14 heavy (non-hydrogen) atoms. The number of anilines is 1. The summed E-state index contributed by atoms with van der Waals surface area (Å²) in [5.74, 6) is 5.18. The molecule has 0 aliphatic carbocycles. The summed E-state index contributed by atoms with van der Waals surface area (Å²) in [5, 5.41) is 18.4. The van der Waals surface area contributed by atoms with Crippen molar-refractivity contribution in [1.82, 2.24) is 15.1 Å². The Morgan fingerprint density at radius 1 is 1.64 bits per heavy atom. The molecule has 0 aliphatic rings. The molecule has 0 aromatic carbocycles. The third-order valence-electron chi connectivity index (χ3n) is 1.57. The fraction of sp³-hybridized carbons (Fsp3) is 0.714. The quantitative estimate of drug-likeness (QED) is 0.461. The topological polar surface area (TPSA) is 87.3 Å². The van der Waals surface area contributed by atoms with E-state index in [0.717, 1.165) is 5.01 Å². The molecule has 0 aliphatic heterocycles. The zero-order chi connectivity index (χ0) is 10.6. The minimum absolute atomic E-state index is 0.333. The molecule has 4 N–H and O–H groups in total. The van der Waals surface area contributed by atoms with Crippen molar-refractivity contribution in [2.24, 2.45) is 5.84 Å². The van der Waals surface area contributed by atoms with E-state index in [4.69, 9.17) is 10.9 Å². The van der Waals surface area contributed by atoms with Gasteiger partial charge in [0.15, 0.2) is 0 Å². The third-order valence-corrected chi connectivity index (χ3v) is 2.41. The van der Waals surface area contributed by atoms with E-state index in [1.165, 1.54) is 11.3 Å². The summed E-state index contributed by atoms with van der Waals surface area (Å²) < 4.78 is 0. The van der Waals surface area contributed by atoms with Gasteiger partial charge in [-0.2, -0.15) is 0 Å². The molecule has 1 heterocycles. The molecule has 1 unspecified atom stereocenters. The molecule has 1 aromatic rings. The van der Waals surface area contributed by atoms with Gasteiger partial charge in [-0.25, -0.2) is 5.84 Å². The highest BCUT2D eigenvalue weighted by atomic mass is 32.1. The Hall–Kier alpha value is -0.760. The molecule has 1 aromatic heterocycles. The molecule has 7 heteroatoms. The molecule has 80 valence electrons. The molecule has 0 radical (unpaired) electrons. The van der Waals surface area contributed by atoms with Gasteiger partial charge in [0.2, 0.25) is 5.13 Å². The number of rotatable bonds is 5. The molecule has 1 atom stereocenters. The van der Waals surface area contributed by atoms with E-state index in [9.17, 15) is 0 Å². The lowest BCUT2D eigenvalue weighted by Gasteiger charge is -2.15. The Labute approximate surface area is 86.7 Å². The monoisotopic (exact) mass is 217 g/mol. The number of aliphatic hydroxyl groups excluding tert-OH is 1. The summed E-state index contributed by atoms with van der Waals surface area (Å²) in [6, 6.07) is 0. The van der Waals surface area contributed by atoms with Gasteiger partial charge in [0.25, 0.3) is 0 Å². The van der Waals surface area contributed by atoms with Gasteiger partial charge in [-0.15, -0.1) is 10.2 Å². The van der Waals surface area contributed by atoms with Crippen molar-refractivity contribution in [3.63, 3.8) is 0 Å². The fourth-order valence-corrected chi connectivity index (χ4v) is 1.85. The number of hydrogen-bond donors (Lipinski definition) is 3. The zero-order valence-corrected chi connectivity index (χ0v) is 9.08. The van der Waals surface area contributed by atoms with Crippen LogP contribution in [0.5, 0.6) is 0 Å². The summed E-state index contributed by atoms with van der Waals surface area (Å²) in [4.78, 5) is 1.98. The molecular formula is C7H15N5OS. The molecule has 0 saturated heterocycles. The first kappa shape index (κ1) is 11.3. The van der Waals surface area contributed by atoms with Gasteiger partial charge in [0.05, 0.1) is 12.6 Å². The standard InChI is InChI=1S/C7H15N5OS/c1-5(13)3-12(2)4-6-10-11-7(9-8)14-6/h5,13H,3-4,8H2,1-2H3,(H,9,11). The van der Waals surface area contributed by atoms with Crippen molar-refractivity contribution in [1.29, 1.82) is 0 Å². The average molecular weight is 217 g/mol. The van der Waals surface area contributed by atoms with Crippen LogP contribution in [0.2, 0.25) is 0 Å². The Morgan fingerprint density at radius 3 is 2.86 bits per heavy atom.